The van der Waals surface area contributed by atoms with Gasteiger partial charge in [-0.1, -0.05) is 24.1 Å². The molecule has 1 aromatic rings. The van der Waals surface area contributed by atoms with E-state index in [1.165, 1.54) is 19.3 Å². The molecule has 0 radical (unpaired) electrons. The molecule has 2 N–H and O–H groups in total. The molecule has 0 spiro atoms. The molecule has 2 aliphatic carbocycles. The molecule has 92 valence electrons. The molecule has 2 saturated carbocycles. The van der Waals surface area contributed by atoms with Crippen LogP contribution < -0.4 is 10.5 Å². The maximum Gasteiger partial charge on any atom is 0.120 e. The molecule has 3 atom stereocenters. The van der Waals surface area contributed by atoms with Gasteiger partial charge >= 0.3 is 0 Å². The molecule has 3 unspecified atom stereocenters. The zero-order chi connectivity index (χ0) is 12.0. The van der Waals surface area contributed by atoms with Gasteiger partial charge in [0.2, 0.25) is 0 Å². The van der Waals surface area contributed by atoms with E-state index in [9.17, 15) is 0 Å². The minimum absolute atomic E-state index is 0.101. The number of methoxy groups -OCH3 is 1. The highest BCUT2D eigenvalue weighted by atomic mass is 35.5. The fourth-order valence-electron chi connectivity index (χ4n) is 3.52. The van der Waals surface area contributed by atoms with Crippen molar-refractivity contribution in [3.8, 4) is 5.75 Å². The van der Waals surface area contributed by atoms with E-state index in [0.29, 0.717) is 5.92 Å². The number of hydrogen-bond acceptors (Lipinski definition) is 2. The van der Waals surface area contributed by atoms with Crippen molar-refractivity contribution in [2.24, 2.45) is 23.5 Å². The molecule has 1 aromatic carbocycles. The zero-order valence-corrected chi connectivity index (χ0v) is 10.8. The van der Waals surface area contributed by atoms with Crippen LogP contribution in [-0.4, -0.2) is 7.11 Å². The Morgan fingerprint density at radius 2 is 2.06 bits per heavy atom. The summed E-state index contributed by atoms with van der Waals surface area (Å²) in [5.41, 5.74) is 7.43. The number of halogens is 1. The molecule has 0 aromatic heterocycles. The van der Waals surface area contributed by atoms with Gasteiger partial charge in [0, 0.05) is 11.1 Å². The predicted octanol–water partition coefficient (Wildman–Crippen LogP) is 3.39. The van der Waals surface area contributed by atoms with E-state index < -0.39 is 0 Å². The Labute approximate surface area is 107 Å². The van der Waals surface area contributed by atoms with E-state index in [4.69, 9.17) is 22.1 Å². The largest absolute Gasteiger partial charge is 0.497 e. The first-order chi connectivity index (χ1) is 8.22. The molecule has 2 nitrogen and oxygen atoms in total. The Morgan fingerprint density at radius 1 is 1.35 bits per heavy atom. The van der Waals surface area contributed by atoms with Crippen LogP contribution in [0.4, 0.5) is 0 Å². The Hall–Kier alpha value is -0.730. The second kappa shape index (κ2) is 4.18. The highest BCUT2D eigenvalue weighted by Gasteiger charge is 2.55. The molecule has 0 heterocycles. The van der Waals surface area contributed by atoms with E-state index in [1.54, 1.807) is 7.11 Å². The fourth-order valence-corrected chi connectivity index (χ4v) is 3.82. The molecule has 0 bridgehead atoms. The number of fused-ring (bicyclic) bond motifs is 1. The third-order valence-electron chi connectivity index (χ3n) is 4.45. The smallest absolute Gasteiger partial charge is 0.120 e. The first-order valence-corrected chi connectivity index (χ1v) is 6.69. The van der Waals surface area contributed by atoms with Gasteiger partial charge in [-0.05, 0) is 48.3 Å². The number of ether oxygens (including phenoxy) is 1. The standard InChI is InChI=1S/C14H18ClNO/c1-17-8-5-6-11(12(15)7-8)14(16)13-9-3-2-4-10(9)13/h5-7,9-10,13-14H,2-4,16H2,1H3. The summed E-state index contributed by atoms with van der Waals surface area (Å²) < 4.78 is 5.16. The van der Waals surface area contributed by atoms with Crippen LogP contribution in [0.2, 0.25) is 5.02 Å². The highest BCUT2D eigenvalue weighted by Crippen LogP contribution is 2.61. The van der Waals surface area contributed by atoms with Gasteiger partial charge < -0.3 is 10.5 Å². The highest BCUT2D eigenvalue weighted by molar-refractivity contribution is 6.31. The van der Waals surface area contributed by atoms with Crippen LogP contribution >= 0.6 is 11.6 Å². The molecule has 3 heteroatoms. The number of hydrogen-bond donors (Lipinski definition) is 1. The lowest BCUT2D eigenvalue weighted by Crippen LogP contribution is -2.16. The van der Waals surface area contributed by atoms with Gasteiger partial charge in [-0.15, -0.1) is 0 Å². The number of nitrogens with two attached hydrogens (primary N) is 1. The summed E-state index contributed by atoms with van der Waals surface area (Å²) in [5, 5.41) is 0.738. The summed E-state index contributed by atoms with van der Waals surface area (Å²) in [7, 11) is 1.65. The summed E-state index contributed by atoms with van der Waals surface area (Å²) in [6.45, 7) is 0. The van der Waals surface area contributed by atoms with Crippen molar-refractivity contribution in [2.75, 3.05) is 7.11 Å². The maximum absolute atomic E-state index is 6.36. The zero-order valence-electron chi connectivity index (χ0n) is 10.0. The van der Waals surface area contributed by atoms with Gasteiger partial charge in [0.1, 0.15) is 5.75 Å². The minimum Gasteiger partial charge on any atom is -0.497 e. The maximum atomic E-state index is 6.36. The van der Waals surface area contributed by atoms with Crippen LogP contribution in [0, 0.1) is 17.8 Å². The summed E-state index contributed by atoms with van der Waals surface area (Å²) in [5.74, 6) is 3.18. The van der Waals surface area contributed by atoms with Crippen molar-refractivity contribution >= 4 is 11.6 Å². The molecule has 17 heavy (non-hydrogen) atoms. The summed E-state index contributed by atoms with van der Waals surface area (Å²) >= 11 is 6.27. The van der Waals surface area contributed by atoms with Crippen molar-refractivity contribution in [1.82, 2.24) is 0 Å². The van der Waals surface area contributed by atoms with E-state index in [2.05, 4.69) is 0 Å². The normalized spacial score (nSPS) is 32.1. The quantitative estimate of drug-likeness (QED) is 0.894. The first-order valence-electron chi connectivity index (χ1n) is 6.31. The molecule has 3 rings (SSSR count). The second-order valence-electron chi connectivity index (χ2n) is 5.25. The molecule has 0 amide bonds. The van der Waals surface area contributed by atoms with Gasteiger partial charge in [-0.25, -0.2) is 0 Å². The molecule has 2 aliphatic rings. The number of rotatable bonds is 3. The third-order valence-corrected chi connectivity index (χ3v) is 4.78. The van der Waals surface area contributed by atoms with Crippen molar-refractivity contribution < 1.29 is 4.74 Å². The lowest BCUT2D eigenvalue weighted by atomic mass is 9.97. The van der Waals surface area contributed by atoms with Crippen LogP contribution in [-0.2, 0) is 0 Å². The molecular weight excluding hydrogens is 234 g/mol. The minimum atomic E-state index is 0.101. The van der Waals surface area contributed by atoms with Crippen LogP contribution in [0.5, 0.6) is 5.75 Å². The Balaban J connectivity index is 1.80. The van der Waals surface area contributed by atoms with Crippen LogP contribution in [0.25, 0.3) is 0 Å². The van der Waals surface area contributed by atoms with Gasteiger partial charge in [-0.2, -0.15) is 0 Å². The third kappa shape index (κ3) is 1.84. The van der Waals surface area contributed by atoms with E-state index >= 15 is 0 Å². The van der Waals surface area contributed by atoms with Gasteiger partial charge in [0.15, 0.2) is 0 Å². The number of benzene rings is 1. The lowest BCUT2D eigenvalue weighted by Gasteiger charge is -2.16. The average Bonchev–Trinajstić information content (AvgIpc) is 2.81. The average molecular weight is 252 g/mol. The fraction of sp³-hybridized carbons (Fsp3) is 0.571. The predicted molar refractivity (Wildman–Crippen MR) is 69.3 cm³/mol. The van der Waals surface area contributed by atoms with Gasteiger partial charge in [0.25, 0.3) is 0 Å². The Kier molecular flexibility index (Phi) is 2.80. The molecule has 2 fully saturated rings. The van der Waals surface area contributed by atoms with Gasteiger partial charge in [0.05, 0.1) is 7.11 Å². The Morgan fingerprint density at radius 3 is 2.65 bits per heavy atom. The van der Waals surface area contributed by atoms with E-state index in [0.717, 1.165) is 28.2 Å². The molecule has 0 saturated heterocycles. The van der Waals surface area contributed by atoms with E-state index in [-0.39, 0.29) is 6.04 Å². The van der Waals surface area contributed by atoms with Crippen molar-refractivity contribution in [3.63, 3.8) is 0 Å². The molecular formula is C14H18ClNO. The first kappa shape index (κ1) is 11.4. The van der Waals surface area contributed by atoms with E-state index in [1.807, 2.05) is 18.2 Å². The van der Waals surface area contributed by atoms with Crippen LogP contribution in [0.3, 0.4) is 0 Å². The second-order valence-corrected chi connectivity index (χ2v) is 5.66. The lowest BCUT2D eigenvalue weighted by molar-refractivity contribution is 0.414. The van der Waals surface area contributed by atoms with Gasteiger partial charge in [-0.3, -0.25) is 0 Å². The summed E-state index contributed by atoms with van der Waals surface area (Å²) in [6.07, 6.45) is 4.10. The topological polar surface area (TPSA) is 35.2 Å². The van der Waals surface area contributed by atoms with Crippen LogP contribution in [0.1, 0.15) is 30.9 Å². The summed E-state index contributed by atoms with van der Waals surface area (Å²) in [6, 6.07) is 5.91. The van der Waals surface area contributed by atoms with Crippen LogP contribution in [0.15, 0.2) is 18.2 Å². The monoisotopic (exact) mass is 251 g/mol. The van der Waals surface area contributed by atoms with Crippen molar-refractivity contribution in [1.29, 1.82) is 0 Å². The Bertz CT molecular complexity index is 424. The SMILES string of the molecule is COc1ccc(C(N)C2C3CCCC32)c(Cl)c1. The summed E-state index contributed by atoms with van der Waals surface area (Å²) in [4.78, 5) is 0. The van der Waals surface area contributed by atoms with Crippen molar-refractivity contribution in [3.05, 3.63) is 28.8 Å². The van der Waals surface area contributed by atoms with Crippen molar-refractivity contribution in [2.45, 2.75) is 25.3 Å². The molecule has 0 aliphatic heterocycles.